The topological polar surface area (TPSA) is 84.0 Å². The Bertz CT molecular complexity index is 651. The van der Waals surface area contributed by atoms with Gasteiger partial charge in [-0.2, -0.15) is 0 Å². The number of rotatable bonds is 11. The summed E-state index contributed by atoms with van der Waals surface area (Å²) in [5.74, 6) is 1.48. The zero-order valence-corrected chi connectivity index (χ0v) is 20.9. The van der Waals surface area contributed by atoms with Crippen LogP contribution >= 0.6 is 24.0 Å². The molecule has 0 aliphatic heterocycles. The zero-order chi connectivity index (χ0) is 21.0. The SMILES string of the molecule is CCNC(=NCc1ccc(C)cc1OCCOCC)NCC(C)(C)C(=O)NC.I. The molecule has 0 aromatic heterocycles. The number of carbonyl (C=O) groups excluding carboxylic acids is 1. The monoisotopic (exact) mass is 520 g/mol. The second-order valence-corrected chi connectivity index (χ2v) is 7.17. The van der Waals surface area contributed by atoms with Gasteiger partial charge in [-0.1, -0.05) is 12.1 Å². The second-order valence-electron chi connectivity index (χ2n) is 7.17. The maximum atomic E-state index is 12.0. The molecule has 0 bridgehead atoms. The largest absolute Gasteiger partial charge is 0.491 e. The van der Waals surface area contributed by atoms with Gasteiger partial charge in [0.15, 0.2) is 5.96 Å². The second kappa shape index (κ2) is 14.4. The molecule has 0 radical (unpaired) electrons. The minimum Gasteiger partial charge on any atom is -0.491 e. The molecule has 1 aromatic carbocycles. The first-order valence-corrected chi connectivity index (χ1v) is 9.88. The first-order valence-electron chi connectivity index (χ1n) is 9.88. The molecule has 7 nitrogen and oxygen atoms in total. The molecule has 1 rings (SSSR count). The van der Waals surface area contributed by atoms with Gasteiger partial charge in [0.2, 0.25) is 5.91 Å². The summed E-state index contributed by atoms with van der Waals surface area (Å²) in [7, 11) is 1.65. The molecule has 0 aliphatic carbocycles. The van der Waals surface area contributed by atoms with Crippen molar-refractivity contribution in [3.05, 3.63) is 29.3 Å². The quantitative estimate of drug-likeness (QED) is 0.181. The standard InChI is InChI=1S/C21H36N4O3.HI/c1-7-23-20(25-15-21(4,5)19(26)22-6)24-14-17-10-9-16(3)13-18(17)28-12-11-27-8-2;/h9-10,13H,7-8,11-12,14-15H2,1-6H3,(H,22,26)(H2,23,24,25);1H. The van der Waals surface area contributed by atoms with Gasteiger partial charge in [-0.15, -0.1) is 24.0 Å². The van der Waals surface area contributed by atoms with Crippen molar-refractivity contribution < 1.29 is 14.3 Å². The number of amides is 1. The lowest BCUT2D eigenvalue weighted by Gasteiger charge is -2.24. The number of halogens is 1. The lowest BCUT2D eigenvalue weighted by atomic mass is 9.92. The summed E-state index contributed by atoms with van der Waals surface area (Å²) >= 11 is 0. The van der Waals surface area contributed by atoms with Crippen molar-refractivity contribution in [1.29, 1.82) is 0 Å². The van der Waals surface area contributed by atoms with Crippen LogP contribution < -0.4 is 20.7 Å². The Morgan fingerprint density at radius 2 is 1.90 bits per heavy atom. The van der Waals surface area contributed by atoms with Crippen LogP contribution in [-0.4, -0.2) is 51.8 Å². The number of ether oxygens (including phenoxy) is 2. The van der Waals surface area contributed by atoms with Gasteiger partial charge in [0.1, 0.15) is 12.4 Å². The number of nitrogens with one attached hydrogen (secondary N) is 3. The van der Waals surface area contributed by atoms with Crippen LogP contribution in [0.2, 0.25) is 0 Å². The zero-order valence-electron chi connectivity index (χ0n) is 18.6. The number of aryl methyl sites for hydroxylation is 1. The van der Waals surface area contributed by atoms with Crippen molar-refractivity contribution in [1.82, 2.24) is 16.0 Å². The van der Waals surface area contributed by atoms with E-state index in [1.54, 1.807) is 7.05 Å². The molecule has 0 atom stereocenters. The van der Waals surface area contributed by atoms with Crippen LogP contribution in [0.25, 0.3) is 0 Å². The molecule has 0 spiro atoms. The van der Waals surface area contributed by atoms with E-state index >= 15 is 0 Å². The first kappa shape index (κ1) is 27.5. The predicted octanol–water partition coefficient (Wildman–Crippen LogP) is 2.86. The highest BCUT2D eigenvalue weighted by Gasteiger charge is 2.26. The van der Waals surface area contributed by atoms with Crippen molar-refractivity contribution in [3.63, 3.8) is 0 Å². The molecule has 0 saturated heterocycles. The molecule has 0 unspecified atom stereocenters. The first-order chi connectivity index (χ1) is 13.3. The average Bonchev–Trinajstić information content (AvgIpc) is 2.67. The fraction of sp³-hybridized carbons (Fsp3) is 0.619. The Hall–Kier alpha value is -1.55. The number of aliphatic imine (C=N–C) groups is 1. The molecule has 0 heterocycles. The fourth-order valence-corrected chi connectivity index (χ4v) is 2.51. The highest BCUT2D eigenvalue weighted by atomic mass is 127. The molecule has 3 N–H and O–H groups in total. The number of hydrogen-bond acceptors (Lipinski definition) is 4. The summed E-state index contributed by atoms with van der Waals surface area (Å²) in [6.07, 6.45) is 0. The number of hydrogen-bond donors (Lipinski definition) is 3. The summed E-state index contributed by atoms with van der Waals surface area (Å²) in [5, 5.41) is 9.17. The Morgan fingerprint density at radius 3 is 2.52 bits per heavy atom. The van der Waals surface area contributed by atoms with Crippen LogP contribution in [0.1, 0.15) is 38.8 Å². The third-order valence-corrected chi connectivity index (χ3v) is 4.20. The van der Waals surface area contributed by atoms with E-state index in [9.17, 15) is 4.79 Å². The van der Waals surface area contributed by atoms with Gasteiger partial charge in [0, 0.05) is 32.3 Å². The van der Waals surface area contributed by atoms with Crippen LogP contribution in [0.4, 0.5) is 0 Å². The highest BCUT2D eigenvalue weighted by molar-refractivity contribution is 14.0. The molecule has 0 saturated carbocycles. The lowest BCUT2D eigenvalue weighted by molar-refractivity contribution is -0.128. The molecule has 166 valence electrons. The molecular weight excluding hydrogens is 483 g/mol. The summed E-state index contributed by atoms with van der Waals surface area (Å²) in [6, 6.07) is 6.11. The van der Waals surface area contributed by atoms with E-state index in [-0.39, 0.29) is 29.9 Å². The fourth-order valence-electron chi connectivity index (χ4n) is 2.51. The van der Waals surface area contributed by atoms with Gasteiger partial charge in [-0.25, -0.2) is 4.99 Å². The van der Waals surface area contributed by atoms with E-state index < -0.39 is 5.41 Å². The molecule has 1 amide bonds. The maximum absolute atomic E-state index is 12.0. The lowest BCUT2D eigenvalue weighted by Crippen LogP contribution is -2.47. The van der Waals surface area contributed by atoms with Gasteiger partial charge in [-0.05, 0) is 46.2 Å². The Balaban J connectivity index is 0.00000784. The summed E-state index contributed by atoms with van der Waals surface area (Å²) < 4.78 is 11.2. The van der Waals surface area contributed by atoms with Crippen LogP contribution in [0.3, 0.4) is 0 Å². The smallest absolute Gasteiger partial charge is 0.227 e. The minimum absolute atomic E-state index is 0. The Kier molecular flexibility index (Phi) is 13.7. The van der Waals surface area contributed by atoms with Gasteiger partial charge in [0.05, 0.1) is 18.6 Å². The molecule has 29 heavy (non-hydrogen) atoms. The van der Waals surface area contributed by atoms with E-state index in [4.69, 9.17) is 9.47 Å². The highest BCUT2D eigenvalue weighted by Crippen LogP contribution is 2.21. The van der Waals surface area contributed by atoms with E-state index in [0.717, 1.165) is 23.4 Å². The van der Waals surface area contributed by atoms with Gasteiger partial charge in [-0.3, -0.25) is 4.79 Å². The van der Waals surface area contributed by atoms with Crippen LogP contribution in [0.5, 0.6) is 5.75 Å². The summed E-state index contributed by atoms with van der Waals surface area (Å²) in [4.78, 5) is 16.6. The van der Waals surface area contributed by atoms with E-state index in [1.807, 2.05) is 46.8 Å². The molecular formula is C21H37IN4O3. The minimum atomic E-state index is -0.539. The molecule has 8 heteroatoms. The van der Waals surface area contributed by atoms with Crippen LogP contribution in [0, 0.1) is 12.3 Å². The molecule has 1 aromatic rings. The van der Waals surface area contributed by atoms with Gasteiger partial charge in [0.25, 0.3) is 0 Å². The third kappa shape index (κ3) is 10.2. The summed E-state index contributed by atoms with van der Waals surface area (Å²) in [6.45, 7) is 13.2. The average molecular weight is 520 g/mol. The normalized spacial score (nSPS) is 11.4. The van der Waals surface area contributed by atoms with Gasteiger partial charge < -0.3 is 25.4 Å². The number of guanidine groups is 1. The summed E-state index contributed by atoms with van der Waals surface area (Å²) in [5.41, 5.74) is 1.60. The van der Waals surface area contributed by atoms with Crippen LogP contribution in [-0.2, 0) is 16.1 Å². The van der Waals surface area contributed by atoms with Crippen molar-refractivity contribution in [3.8, 4) is 5.75 Å². The number of benzene rings is 1. The van der Waals surface area contributed by atoms with Crippen molar-refractivity contribution >= 4 is 35.8 Å². The maximum Gasteiger partial charge on any atom is 0.227 e. The van der Waals surface area contributed by atoms with Crippen molar-refractivity contribution in [2.45, 2.75) is 41.2 Å². The van der Waals surface area contributed by atoms with E-state index in [2.05, 4.69) is 27.0 Å². The Labute approximate surface area is 192 Å². The van der Waals surface area contributed by atoms with E-state index in [1.165, 1.54) is 0 Å². The van der Waals surface area contributed by atoms with Crippen molar-refractivity contribution in [2.75, 3.05) is 40.0 Å². The van der Waals surface area contributed by atoms with Crippen LogP contribution in [0.15, 0.2) is 23.2 Å². The van der Waals surface area contributed by atoms with Gasteiger partial charge >= 0.3 is 0 Å². The Morgan fingerprint density at radius 1 is 1.17 bits per heavy atom. The van der Waals surface area contributed by atoms with E-state index in [0.29, 0.717) is 38.9 Å². The third-order valence-electron chi connectivity index (χ3n) is 4.20. The molecule has 0 aliphatic rings. The molecule has 0 fully saturated rings. The number of carbonyl (C=O) groups is 1. The van der Waals surface area contributed by atoms with Crippen molar-refractivity contribution in [2.24, 2.45) is 10.4 Å². The number of nitrogens with zero attached hydrogens (tertiary/aromatic N) is 1. The predicted molar refractivity (Wildman–Crippen MR) is 129 cm³/mol.